The van der Waals surface area contributed by atoms with Gasteiger partial charge in [-0.15, -0.1) is 0 Å². The highest BCUT2D eigenvalue weighted by Gasteiger charge is 2.31. The van der Waals surface area contributed by atoms with Crippen molar-refractivity contribution >= 4 is 62.3 Å². The van der Waals surface area contributed by atoms with E-state index in [1.807, 2.05) is 0 Å². The summed E-state index contributed by atoms with van der Waals surface area (Å²) in [7, 11) is -3.83. The second-order valence-corrected chi connectivity index (χ2v) is 12.3. The Bertz CT molecular complexity index is 1230. The molecule has 2 amide bonds. The Hall–Kier alpha value is -2.00. The van der Waals surface area contributed by atoms with Crippen molar-refractivity contribution < 1.29 is 18.0 Å². The van der Waals surface area contributed by atoms with E-state index in [9.17, 15) is 18.0 Å². The van der Waals surface area contributed by atoms with Crippen LogP contribution in [0.2, 0.25) is 15.1 Å². The molecule has 0 bridgehead atoms. The summed E-state index contributed by atoms with van der Waals surface area (Å²) in [4.78, 5) is 28.1. The van der Waals surface area contributed by atoms with Gasteiger partial charge in [-0.05, 0) is 68.1 Å². The third-order valence-electron chi connectivity index (χ3n) is 6.31. The molecule has 1 aliphatic carbocycles. The van der Waals surface area contributed by atoms with Crippen LogP contribution in [0.3, 0.4) is 0 Å². The van der Waals surface area contributed by atoms with Crippen LogP contribution in [0.25, 0.3) is 0 Å². The minimum absolute atomic E-state index is 0.0478. The van der Waals surface area contributed by atoms with Gasteiger partial charge in [0.1, 0.15) is 12.6 Å². The lowest BCUT2D eigenvalue weighted by Gasteiger charge is -2.32. The minimum atomic E-state index is -3.83. The first kappa shape index (κ1) is 28.6. The largest absolute Gasteiger partial charge is 0.352 e. The maximum absolute atomic E-state index is 13.6. The van der Waals surface area contributed by atoms with Gasteiger partial charge in [-0.1, -0.05) is 53.7 Å². The van der Waals surface area contributed by atoms with Gasteiger partial charge in [0, 0.05) is 17.6 Å². The predicted molar refractivity (Wildman–Crippen MR) is 145 cm³/mol. The van der Waals surface area contributed by atoms with E-state index in [2.05, 4.69) is 5.32 Å². The molecule has 1 saturated carbocycles. The van der Waals surface area contributed by atoms with Crippen LogP contribution in [0.15, 0.2) is 36.4 Å². The number of rotatable bonds is 9. The molecule has 2 aromatic rings. The summed E-state index contributed by atoms with van der Waals surface area (Å²) in [5.74, 6) is -0.821. The van der Waals surface area contributed by atoms with Gasteiger partial charge in [0.15, 0.2) is 0 Å². The van der Waals surface area contributed by atoms with Gasteiger partial charge in [0.05, 0.1) is 22.0 Å². The number of hydrogen-bond donors (Lipinski definition) is 1. The van der Waals surface area contributed by atoms with E-state index in [0.29, 0.717) is 31.9 Å². The molecule has 1 atom stereocenters. The summed E-state index contributed by atoms with van der Waals surface area (Å²) in [6.07, 6.45) is 4.94. The minimum Gasteiger partial charge on any atom is -0.352 e. The van der Waals surface area contributed by atoms with Gasteiger partial charge in [0.25, 0.3) is 0 Å². The number of aryl methyl sites for hydroxylation is 1. The number of hydrogen-bond acceptors (Lipinski definition) is 4. The van der Waals surface area contributed by atoms with E-state index in [-0.39, 0.29) is 18.5 Å². The molecule has 0 radical (unpaired) electrons. The molecule has 0 spiro atoms. The van der Waals surface area contributed by atoms with Gasteiger partial charge in [0.2, 0.25) is 21.8 Å². The summed E-state index contributed by atoms with van der Waals surface area (Å²) in [6, 6.07) is 8.95. The third-order valence-corrected chi connectivity index (χ3v) is 8.41. The van der Waals surface area contributed by atoms with Crippen molar-refractivity contribution in [3.05, 3.63) is 62.6 Å². The number of halogens is 3. The summed E-state index contributed by atoms with van der Waals surface area (Å²) < 4.78 is 26.5. The van der Waals surface area contributed by atoms with Gasteiger partial charge in [-0.3, -0.25) is 13.9 Å². The third kappa shape index (κ3) is 7.28. The molecule has 1 fully saturated rings. The summed E-state index contributed by atoms with van der Waals surface area (Å²) in [5.41, 5.74) is 1.60. The Morgan fingerprint density at radius 2 is 1.72 bits per heavy atom. The van der Waals surface area contributed by atoms with E-state index < -0.39 is 28.5 Å². The Balaban J connectivity index is 1.92. The normalized spacial score (nSPS) is 14.9. The van der Waals surface area contributed by atoms with E-state index in [1.54, 1.807) is 50.2 Å². The molecular formula is C25H30Cl3N3O4S. The molecule has 196 valence electrons. The van der Waals surface area contributed by atoms with Crippen LogP contribution in [0, 0.1) is 6.92 Å². The molecule has 0 unspecified atom stereocenters. The molecule has 7 nitrogen and oxygen atoms in total. The zero-order chi connectivity index (χ0) is 26.6. The average molecular weight is 575 g/mol. The van der Waals surface area contributed by atoms with Crippen molar-refractivity contribution in [2.24, 2.45) is 0 Å². The molecule has 36 heavy (non-hydrogen) atoms. The standard InChI is InChI=1S/C25H30Cl3N3O4S/c1-16-12-19(26)9-11-23(16)31(36(3,34)35)15-24(32)30(14-18-8-10-21(27)22(28)13-18)17(2)25(33)29-20-6-4-5-7-20/h8-13,17,20H,4-7,14-15H2,1-3H3,(H,29,33)/t17-/m0/s1. The Morgan fingerprint density at radius 3 is 2.31 bits per heavy atom. The maximum atomic E-state index is 13.6. The van der Waals surface area contributed by atoms with Crippen LogP contribution in [-0.4, -0.2) is 50.0 Å². The maximum Gasteiger partial charge on any atom is 0.244 e. The monoisotopic (exact) mass is 573 g/mol. The summed E-state index contributed by atoms with van der Waals surface area (Å²) >= 11 is 18.3. The van der Waals surface area contributed by atoms with Gasteiger partial charge >= 0.3 is 0 Å². The molecule has 1 N–H and O–H groups in total. The zero-order valence-electron chi connectivity index (χ0n) is 20.4. The summed E-state index contributed by atoms with van der Waals surface area (Å²) in [6.45, 7) is 2.92. The van der Waals surface area contributed by atoms with Crippen LogP contribution >= 0.6 is 34.8 Å². The SMILES string of the molecule is Cc1cc(Cl)ccc1N(CC(=O)N(Cc1ccc(Cl)c(Cl)c1)[C@@H](C)C(=O)NC1CCCC1)S(C)(=O)=O. The number of amides is 2. The lowest BCUT2D eigenvalue weighted by atomic mass is 10.1. The molecular weight excluding hydrogens is 545 g/mol. The van der Waals surface area contributed by atoms with Gasteiger partial charge < -0.3 is 10.2 Å². The average Bonchev–Trinajstić information content (AvgIpc) is 3.30. The van der Waals surface area contributed by atoms with Crippen LogP contribution in [0.4, 0.5) is 5.69 Å². The highest BCUT2D eigenvalue weighted by atomic mass is 35.5. The summed E-state index contributed by atoms with van der Waals surface area (Å²) in [5, 5.41) is 4.16. The van der Waals surface area contributed by atoms with Crippen molar-refractivity contribution in [3.63, 3.8) is 0 Å². The molecule has 1 aliphatic rings. The van der Waals surface area contributed by atoms with Gasteiger partial charge in [-0.2, -0.15) is 0 Å². The van der Waals surface area contributed by atoms with Crippen LogP contribution in [-0.2, 0) is 26.2 Å². The molecule has 2 aromatic carbocycles. The lowest BCUT2D eigenvalue weighted by Crippen LogP contribution is -2.52. The molecule has 0 saturated heterocycles. The van der Waals surface area contributed by atoms with E-state index >= 15 is 0 Å². The second kappa shape index (κ2) is 12.0. The molecule has 0 heterocycles. The first-order valence-electron chi connectivity index (χ1n) is 11.6. The number of nitrogens with one attached hydrogen (secondary N) is 1. The molecule has 0 aromatic heterocycles. The molecule has 3 rings (SSSR count). The fourth-order valence-electron chi connectivity index (χ4n) is 4.30. The van der Waals surface area contributed by atoms with Crippen molar-refractivity contribution in [3.8, 4) is 0 Å². The lowest BCUT2D eigenvalue weighted by molar-refractivity contribution is -0.139. The number of benzene rings is 2. The Morgan fingerprint density at radius 1 is 1.06 bits per heavy atom. The van der Waals surface area contributed by atoms with Crippen molar-refractivity contribution in [1.82, 2.24) is 10.2 Å². The fraction of sp³-hybridized carbons (Fsp3) is 0.440. The van der Waals surface area contributed by atoms with E-state index in [4.69, 9.17) is 34.8 Å². The van der Waals surface area contributed by atoms with Crippen molar-refractivity contribution in [2.45, 2.75) is 58.2 Å². The van der Waals surface area contributed by atoms with Gasteiger partial charge in [-0.25, -0.2) is 8.42 Å². The molecule has 0 aliphatic heterocycles. The Kier molecular flexibility index (Phi) is 9.55. The number of carbonyl (C=O) groups excluding carboxylic acids is 2. The molecule has 11 heteroatoms. The topological polar surface area (TPSA) is 86.8 Å². The number of carbonyl (C=O) groups is 2. The predicted octanol–water partition coefficient (Wildman–Crippen LogP) is 5.20. The Labute approximate surface area is 227 Å². The van der Waals surface area contributed by atoms with Crippen LogP contribution < -0.4 is 9.62 Å². The fourth-order valence-corrected chi connectivity index (χ4v) is 5.76. The second-order valence-electron chi connectivity index (χ2n) is 9.14. The highest BCUT2D eigenvalue weighted by Crippen LogP contribution is 2.27. The van der Waals surface area contributed by atoms with Crippen molar-refractivity contribution in [1.29, 1.82) is 0 Å². The quantitative estimate of drug-likeness (QED) is 0.446. The number of sulfonamides is 1. The number of nitrogens with zero attached hydrogens (tertiary/aromatic N) is 2. The van der Waals surface area contributed by atoms with Crippen molar-refractivity contribution in [2.75, 3.05) is 17.1 Å². The zero-order valence-corrected chi connectivity index (χ0v) is 23.5. The van der Waals surface area contributed by atoms with Crippen LogP contribution in [0.5, 0.6) is 0 Å². The van der Waals surface area contributed by atoms with E-state index in [0.717, 1.165) is 36.2 Å². The first-order valence-corrected chi connectivity index (χ1v) is 14.6. The van der Waals surface area contributed by atoms with E-state index in [1.165, 1.54) is 4.90 Å². The highest BCUT2D eigenvalue weighted by molar-refractivity contribution is 7.92. The van der Waals surface area contributed by atoms with Crippen LogP contribution in [0.1, 0.15) is 43.7 Å². The number of anilines is 1. The first-order chi connectivity index (χ1) is 16.9. The smallest absolute Gasteiger partial charge is 0.244 e.